The van der Waals surface area contributed by atoms with E-state index in [0.717, 1.165) is 17.0 Å². The Labute approximate surface area is 141 Å². The normalized spacial score (nSPS) is 11.8. The van der Waals surface area contributed by atoms with E-state index in [4.69, 9.17) is 19.3 Å². The number of rotatable bonds is 9. The fourth-order valence-corrected chi connectivity index (χ4v) is 2.17. The van der Waals surface area contributed by atoms with Crippen molar-refractivity contribution in [3.8, 4) is 11.5 Å². The summed E-state index contributed by atoms with van der Waals surface area (Å²) in [6.45, 7) is 2.47. The van der Waals surface area contributed by atoms with Crippen LogP contribution >= 0.6 is 0 Å². The number of ether oxygens (including phenoxy) is 3. The minimum Gasteiger partial charge on any atom is -0.497 e. The maximum absolute atomic E-state index is 11.1. The van der Waals surface area contributed by atoms with Crippen molar-refractivity contribution in [3.05, 3.63) is 53.9 Å². The van der Waals surface area contributed by atoms with Crippen LogP contribution in [-0.2, 0) is 22.6 Å². The summed E-state index contributed by atoms with van der Waals surface area (Å²) in [6.07, 6.45) is 1.16. The number of carbonyl (C=O) groups is 1. The van der Waals surface area contributed by atoms with Crippen LogP contribution < -0.4 is 9.47 Å². The van der Waals surface area contributed by atoms with Crippen molar-refractivity contribution >= 4 is 5.97 Å². The fourth-order valence-electron chi connectivity index (χ4n) is 2.17. The Morgan fingerprint density at radius 1 is 1.21 bits per heavy atom. The van der Waals surface area contributed by atoms with E-state index in [2.05, 4.69) is 4.98 Å². The Kier molecular flexibility index (Phi) is 6.57. The largest absolute Gasteiger partial charge is 0.497 e. The zero-order chi connectivity index (χ0) is 17.4. The minimum atomic E-state index is -0.957. The lowest BCUT2D eigenvalue weighted by atomic mass is 10.1. The molecule has 0 aliphatic rings. The molecule has 1 aromatic heterocycles. The average Bonchev–Trinajstić information content (AvgIpc) is 2.61. The first-order valence-corrected chi connectivity index (χ1v) is 7.67. The number of methoxy groups -OCH3 is 1. The molecule has 6 nitrogen and oxygen atoms in total. The summed E-state index contributed by atoms with van der Waals surface area (Å²) in [7, 11) is 1.60. The molecule has 1 aromatic carbocycles. The number of nitrogens with zero attached hydrogens (tertiary/aromatic N) is 1. The van der Waals surface area contributed by atoms with E-state index in [1.54, 1.807) is 38.4 Å². The van der Waals surface area contributed by atoms with E-state index < -0.39 is 12.1 Å². The molecule has 1 heterocycles. The van der Waals surface area contributed by atoms with Gasteiger partial charge in [0.15, 0.2) is 6.10 Å². The Balaban J connectivity index is 1.92. The lowest BCUT2D eigenvalue weighted by Gasteiger charge is -2.13. The third kappa shape index (κ3) is 5.24. The molecule has 0 amide bonds. The third-order valence-electron chi connectivity index (χ3n) is 3.40. The molecule has 0 bridgehead atoms. The molecule has 0 saturated heterocycles. The Morgan fingerprint density at radius 2 is 1.96 bits per heavy atom. The highest BCUT2D eigenvalue weighted by molar-refractivity contribution is 5.72. The van der Waals surface area contributed by atoms with Gasteiger partial charge in [-0.25, -0.2) is 4.79 Å². The molecule has 24 heavy (non-hydrogen) atoms. The number of aliphatic carboxylic acids is 1. The van der Waals surface area contributed by atoms with Gasteiger partial charge < -0.3 is 19.3 Å². The molecule has 0 radical (unpaired) electrons. The lowest BCUT2D eigenvalue weighted by molar-refractivity contribution is -0.149. The fraction of sp³-hybridized carbons (Fsp3) is 0.333. The van der Waals surface area contributed by atoms with Crippen molar-refractivity contribution in [1.82, 2.24) is 4.98 Å². The molecule has 1 unspecified atom stereocenters. The number of aromatic nitrogens is 1. The van der Waals surface area contributed by atoms with Gasteiger partial charge in [-0.3, -0.25) is 4.98 Å². The van der Waals surface area contributed by atoms with Gasteiger partial charge in [0, 0.05) is 25.3 Å². The number of hydrogen-bond acceptors (Lipinski definition) is 5. The SMILES string of the molecule is CCOC(Cc1ccc(OCc2cc(OC)ccn2)cc1)C(=O)O. The first-order valence-electron chi connectivity index (χ1n) is 7.67. The van der Waals surface area contributed by atoms with Gasteiger partial charge in [0.1, 0.15) is 18.1 Å². The van der Waals surface area contributed by atoms with E-state index in [1.807, 2.05) is 18.2 Å². The zero-order valence-corrected chi connectivity index (χ0v) is 13.8. The van der Waals surface area contributed by atoms with E-state index in [9.17, 15) is 4.79 Å². The maximum Gasteiger partial charge on any atom is 0.333 e. The van der Waals surface area contributed by atoms with Gasteiger partial charge in [-0.15, -0.1) is 0 Å². The molecular weight excluding hydrogens is 310 g/mol. The second-order valence-electron chi connectivity index (χ2n) is 5.11. The number of hydrogen-bond donors (Lipinski definition) is 1. The summed E-state index contributed by atoms with van der Waals surface area (Å²) in [5, 5.41) is 9.11. The topological polar surface area (TPSA) is 77.9 Å². The Bertz CT molecular complexity index is 657. The first kappa shape index (κ1) is 17.7. The van der Waals surface area contributed by atoms with Gasteiger partial charge in [-0.1, -0.05) is 12.1 Å². The summed E-state index contributed by atoms with van der Waals surface area (Å²) in [6, 6.07) is 10.9. The molecule has 2 rings (SSSR count). The van der Waals surface area contributed by atoms with Gasteiger partial charge in [0.25, 0.3) is 0 Å². The van der Waals surface area contributed by atoms with Crippen molar-refractivity contribution < 1.29 is 24.1 Å². The highest BCUT2D eigenvalue weighted by Gasteiger charge is 2.17. The van der Waals surface area contributed by atoms with Crippen LogP contribution in [0.2, 0.25) is 0 Å². The van der Waals surface area contributed by atoms with Crippen molar-refractivity contribution in [3.63, 3.8) is 0 Å². The summed E-state index contributed by atoms with van der Waals surface area (Å²) in [5.74, 6) is 0.461. The summed E-state index contributed by atoms with van der Waals surface area (Å²) < 4.78 is 16.0. The van der Waals surface area contributed by atoms with Gasteiger partial charge in [0.05, 0.1) is 12.8 Å². The number of pyridine rings is 1. The highest BCUT2D eigenvalue weighted by atomic mass is 16.5. The van der Waals surface area contributed by atoms with Crippen molar-refractivity contribution in [2.24, 2.45) is 0 Å². The van der Waals surface area contributed by atoms with E-state index in [0.29, 0.717) is 25.4 Å². The smallest absolute Gasteiger partial charge is 0.333 e. The molecule has 1 N–H and O–H groups in total. The summed E-state index contributed by atoms with van der Waals surface area (Å²) >= 11 is 0. The van der Waals surface area contributed by atoms with E-state index in [-0.39, 0.29) is 0 Å². The average molecular weight is 331 g/mol. The quantitative estimate of drug-likeness (QED) is 0.761. The number of benzene rings is 1. The van der Waals surface area contributed by atoms with Crippen LogP contribution in [0.3, 0.4) is 0 Å². The second-order valence-corrected chi connectivity index (χ2v) is 5.11. The van der Waals surface area contributed by atoms with Gasteiger partial charge in [-0.2, -0.15) is 0 Å². The van der Waals surface area contributed by atoms with Gasteiger partial charge in [-0.05, 0) is 30.7 Å². The molecule has 1 atom stereocenters. The van der Waals surface area contributed by atoms with Crippen LogP contribution in [0.25, 0.3) is 0 Å². The Morgan fingerprint density at radius 3 is 2.58 bits per heavy atom. The molecule has 2 aromatic rings. The van der Waals surface area contributed by atoms with Crippen molar-refractivity contribution in [1.29, 1.82) is 0 Å². The van der Waals surface area contributed by atoms with Crippen LogP contribution in [0.15, 0.2) is 42.6 Å². The van der Waals surface area contributed by atoms with Crippen molar-refractivity contribution in [2.45, 2.75) is 26.1 Å². The monoisotopic (exact) mass is 331 g/mol. The molecule has 0 aliphatic carbocycles. The maximum atomic E-state index is 11.1. The number of carboxylic acid groups (broad SMARTS) is 1. The predicted octanol–water partition coefficient (Wildman–Crippen LogP) is 2.70. The van der Waals surface area contributed by atoms with Crippen LogP contribution in [-0.4, -0.2) is 35.9 Å². The molecule has 0 spiro atoms. The van der Waals surface area contributed by atoms with Gasteiger partial charge >= 0.3 is 5.97 Å². The van der Waals surface area contributed by atoms with Gasteiger partial charge in [0.2, 0.25) is 0 Å². The van der Waals surface area contributed by atoms with E-state index >= 15 is 0 Å². The summed E-state index contributed by atoms with van der Waals surface area (Å²) in [4.78, 5) is 15.3. The predicted molar refractivity (Wildman–Crippen MR) is 88.3 cm³/mol. The summed E-state index contributed by atoms with van der Waals surface area (Å²) in [5.41, 5.74) is 1.64. The standard InChI is InChI=1S/C18H21NO5/c1-3-23-17(18(20)21)10-13-4-6-15(7-5-13)24-12-14-11-16(22-2)8-9-19-14/h4-9,11,17H,3,10,12H2,1-2H3,(H,20,21). The first-order chi connectivity index (χ1) is 11.6. The number of carboxylic acids is 1. The van der Waals surface area contributed by atoms with E-state index in [1.165, 1.54) is 0 Å². The van der Waals surface area contributed by atoms with Crippen LogP contribution in [0.1, 0.15) is 18.2 Å². The lowest BCUT2D eigenvalue weighted by Crippen LogP contribution is -2.26. The minimum absolute atomic E-state index is 0.320. The van der Waals surface area contributed by atoms with Crippen LogP contribution in [0.5, 0.6) is 11.5 Å². The molecule has 0 aliphatic heterocycles. The molecule has 128 valence electrons. The molecule has 6 heteroatoms. The molecule has 0 fully saturated rings. The third-order valence-corrected chi connectivity index (χ3v) is 3.40. The molecule has 0 saturated carbocycles. The Hall–Kier alpha value is -2.60. The highest BCUT2D eigenvalue weighted by Crippen LogP contribution is 2.17. The molecular formula is C18H21NO5. The van der Waals surface area contributed by atoms with Crippen LogP contribution in [0.4, 0.5) is 0 Å². The van der Waals surface area contributed by atoms with Crippen molar-refractivity contribution in [2.75, 3.05) is 13.7 Å². The second kappa shape index (κ2) is 8.88. The zero-order valence-electron chi connectivity index (χ0n) is 13.8. The van der Waals surface area contributed by atoms with Crippen LogP contribution in [0, 0.1) is 0 Å².